The van der Waals surface area contributed by atoms with Gasteiger partial charge in [0.15, 0.2) is 0 Å². The van der Waals surface area contributed by atoms with Crippen LogP contribution in [0.5, 0.6) is 0 Å². The SMILES string of the molecule is CC1(C)CCCCC1C(=O)C1CCOC2(CCOCC2)C1. The molecule has 1 spiro atoms. The second-order valence-electron chi connectivity index (χ2n) is 8.02. The minimum atomic E-state index is -0.0599. The molecule has 2 aliphatic heterocycles. The summed E-state index contributed by atoms with van der Waals surface area (Å²) in [4.78, 5) is 13.1. The molecule has 1 aliphatic carbocycles. The van der Waals surface area contributed by atoms with Crippen LogP contribution in [-0.2, 0) is 14.3 Å². The molecule has 0 bridgehead atoms. The zero-order chi connectivity index (χ0) is 14.9. The largest absolute Gasteiger partial charge is 0.381 e. The zero-order valence-electron chi connectivity index (χ0n) is 13.7. The molecule has 0 amide bonds. The summed E-state index contributed by atoms with van der Waals surface area (Å²) >= 11 is 0. The van der Waals surface area contributed by atoms with Crippen LogP contribution in [-0.4, -0.2) is 31.2 Å². The van der Waals surface area contributed by atoms with Crippen molar-refractivity contribution in [2.24, 2.45) is 17.3 Å². The van der Waals surface area contributed by atoms with Crippen molar-refractivity contribution < 1.29 is 14.3 Å². The van der Waals surface area contributed by atoms with E-state index < -0.39 is 0 Å². The fraction of sp³-hybridized carbons (Fsp3) is 0.944. The first-order valence-corrected chi connectivity index (χ1v) is 8.78. The normalized spacial score (nSPS) is 35.5. The molecule has 3 aliphatic rings. The van der Waals surface area contributed by atoms with Crippen LogP contribution in [0, 0.1) is 17.3 Å². The predicted molar refractivity (Wildman–Crippen MR) is 82.2 cm³/mol. The highest BCUT2D eigenvalue weighted by Gasteiger charge is 2.45. The van der Waals surface area contributed by atoms with Crippen molar-refractivity contribution in [3.63, 3.8) is 0 Å². The molecule has 3 rings (SSSR count). The van der Waals surface area contributed by atoms with Crippen LogP contribution >= 0.6 is 0 Å². The lowest BCUT2D eigenvalue weighted by molar-refractivity contribution is -0.161. The summed E-state index contributed by atoms with van der Waals surface area (Å²) in [7, 11) is 0. The number of ketones is 1. The number of hydrogen-bond donors (Lipinski definition) is 0. The number of hydrogen-bond acceptors (Lipinski definition) is 3. The third-order valence-corrected chi connectivity index (χ3v) is 6.15. The molecular weight excluding hydrogens is 264 g/mol. The average Bonchev–Trinajstić information content (AvgIpc) is 2.47. The first-order valence-electron chi connectivity index (χ1n) is 8.78. The topological polar surface area (TPSA) is 35.5 Å². The molecule has 3 nitrogen and oxygen atoms in total. The molecule has 0 N–H and O–H groups in total. The number of ether oxygens (including phenoxy) is 2. The van der Waals surface area contributed by atoms with Gasteiger partial charge in [-0.1, -0.05) is 26.7 Å². The molecule has 0 aromatic rings. The number of Topliss-reactive ketones (excluding diaryl/α,β-unsaturated/α-hetero) is 1. The number of carbonyl (C=O) groups excluding carboxylic acids is 1. The van der Waals surface area contributed by atoms with Crippen LogP contribution in [0.4, 0.5) is 0 Å². The maximum Gasteiger partial charge on any atom is 0.139 e. The second kappa shape index (κ2) is 6.00. The van der Waals surface area contributed by atoms with Crippen molar-refractivity contribution in [2.45, 2.75) is 70.8 Å². The Morgan fingerprint density at radius 1 is 1.00 bits per heavy atom. The fourth-order valence-corrected chi connectivity index (χ4v) is 4.67. The molecule has 0 radical (unpaired) electrons. The molecule has 2 heterocycles. The van der Waals surface area contributed by atoms with E-state index in [-0.39, 0.29) is 22.9 Å². The highest BCUT2D eigenvalue weighted by atomic mass is 16.5. The highest BCUT2D eigenvalue weighted by Crippen LogP contribution is 2.45. The summed E-state index contributed by atoms with van der Waals surface area (Å²) < 4.78 is 11.6. The van der Waals surface area contributed by atoms with Gasteiger partial charge in [0.05, 0.1) is 5.60 Å². The van der Waals surface area contributed by atoms with Crippen molar-refractivity contribution in [3.8, 4) is 0 Å². The van der Waals surface area contributed by atoms with Gasteiger partial charge in [0.1, 0.15) is 5.78 Å². The zero-order valence-corrected chi connectivity index (χ0v) is 13.7. The minimum Gasteiger partial charge on any atom is -0.381 e. The molecule has 3 heteroatoms. The first-order chi connectivity index (χ1) is 10.0. The van der Waals surface area contributed by atoms with Gasteiger partial charge >= 0.3 is 0 Å². The van der Waals surface area contributed by atoms with Crippen LogP contribution in [0.1, 0.15) is 65.2 Å². The molecule has 0 aromatic carbocycles. The summed E-state index contributed by atoms with van der Waals surface area (Å²) in [5, 5.41) is 0. The second-order valence-corrected chi connectivity index (χ2v) is 8.02. The van der Waals surface area contributed by atoms with E-state index in [0.29, 0.717) is 5.78 Å². The third kappa shape index (κ3) is 3.19. The maximum atomic E-state index is 13.1. The summed E-state index contributed by atoms with van der Waals surface area (Å²) in [6.45, 7) is 6.91. The molecule has 2 saturated heterocycles. The molecule has 1 saturated carbocycles. The van der Waals surface area contributed by atoms with E-state index in [4.69, 9.17) is 9.47 Å². The van der Waals surface area contributed by atoms with Gasteiger partial charge in [-0.15, -0.1) is 0 Å². The lowest BCUT2D eigenvalue weighted by Crippen LogP contribution is -2.48. The molecule has 2 unspecified atom stereocenters. The molecule has 2 atom stereocenters. The first kappa shape index (κ1) is 15.5. The van der Waals surface area contributed by atoms with E-state index >= 15 is 0 Å². The Hall–Kier alpha value is -0.410. The summed E-state index contributed by atoms with van der Waals surface area (Å²) in [6.07, 6.45) is 8.59. The van der Waals surface area contributed by atoms with Gasteiger partial charge in [-0.2, -0.15) is 0 Å². The van der Waals surface area contributed by atoms with E-state index in [0.717, 1.165) is 51.9 Å². The van der Waals surface area contributed by atoms with Gasteiger partial charge in [-0.25, -0.2) is 0 Å². The third-order valence-electron chi connectivity index (χ3n) is 6.15. The van der Waals surface area contributed by atoms with Crippen molar-refractivity contribution >= 4 is 5.78 Å². The van der Waals surface area contributed by atoms with Crippen LogP contribution in [0.15, 0.2) is 0 Å². The van der Waals surface area contributed by atoms with Gasteiger partial charge in [0.25, 0.3) is 0 Å². The van der Waals surface area contributed by atoms with Crippen molar-refractivity contribution in [1.29, 1.82) is 0 Å². The van der Waals surface area contributed by atoms with Crippen molar-refractivity contribution in [1.82, 2.24) is 0 Å². The standard InChI is InChI=1S/C18H30O3/c1-17(2)7-4-3-5-15(17)16(19)14-6-10-21-18(13-14)8-11-20-12-9-18/h14-15H,3-13H2,1-2H3. The Morgan fingerprint density at radius 3 is 2.48 bits per heavy atom. The summed E-state index contributed by atoms with van der Waals surface area (Å²) in [5.74, 6) is 1.03. The van der Waals surface area contributed by atoms with E-state index in [9.17, 15) is 4.79 Å². The van der Waals surface area contributed by atoms with Gasteiger partial charge in [-0.3, -0.25) is 4.79 Å². The lowest BCUT2D eigenvalue weighted by Gasteiger charge is -2.45. The van der Waals surface area contributed by atoms with Crippen LogP contribution in [0.2, 0.25) is 0 Å². The van der Waals surface area contributed by atoms with E-state index in [1.165, 1.54) is 19.3 Å². The highest BCUT2D eigenvalue weighted by molar-refractivity contribution is 5.84. The van der Waals surface area contributed by atoms with Crippen LogP contribution in [0.25, 0.3) is 0 Å². The van der Waals surface area contributed by atoms with Crippen molar-refractivity contribution in [2.75, 3.05) is 19.8 Å². The van der Waals surface area contributed by atoms with E-state index in [2.05, 4.69) is 13.8 Å². The van der Waals surface area contributed by atoms with Crippen LogP contribution < -0.4 is 0 Å². The smallest absolute Gasteiger partial charge is 0.139 e. The summed E-state index contributed by atoms with van der Waals surface area (Å²) in [6, 6.07) is 0. The summed E-state index contributed by atoms with van der Waals surface area (Å²) in [5.41, 5.74) is 0.131. The Labute approximate surface area is 128 Å². The van der Waals surface area contributed by atoms with Gasteiger partial charge in [0.2, 0.25) is 0 Å². The molecular formula is C18H30O3. The molecule has 0 aromatic heterocycles. The minimum absolute atomic E-state index is 0.0599. The Kier molecular flexibility index (Phi) is 4.42. The number of rotatable bonds is 2. The Balaban J connectivity index is 1.69. The Bertz CT molecular complexity index is 376. The predicted octanol–water partition coefficient (Wildman–Crippen LogP) is 3.75. The maximum absolute atomic E-state index is 13.1. The molecule has 120 valence electrons. The van der Waals surface area contributed by atoms with Gasteiger partial charge in [0, 0.05) is 31.7 Å². The van der Waals surface area contributed by atoms with E-state index in [1.54, 1.807) is 0 Å². The lowest BCUT2D eigenvalue weighted by atomic mass is 9.63. The number of carbonyl (C=O) groups is 1. The van der Waals surface area contributed by atoms with Crippen LogP contribution in [0.3, 0.4) is 0 Å². The van der Waals surface area contributed by atoms with Gasteiger partial charge < -0.3 is 9.47 Å². The van der Waals surface area contributed by atoms with Gasteiger partial charge in [-0.05, 0) is 43.9 Å². The van der Waals surface area contributed by atoms with Crippen molar-refractivity contribution in [3.05, 3.63) is 0 Å². The molecule has 3 fully saturated rings. The Morgan fingerprint density at radius 2 is 1.76 bits per heavy atom. The quantitative estimate of drug-likeness (QED) is 0.778. The molecule has 21 heavy (non-hydrogen) atoms. The average molecular weight is 294 g/mol. The fourth-order valence-electron chi connectivity index (χ4n) is 4.67. The monoisotopic (exact) mass is 294 g/mol. The van der Waals surface area contributed by atoms with E-state index in [1.807, 2.05) is 0 Å².